The van der Waals surface area contributed by atoms with E-state index < -0.39 is 11.9 Å². The van der Waals surface area contributed by atoms with Crippen LogP contribution in [0.4, 0.5) is 5.00 Å². The Morgan fingerprint density at radius 3 is 2.26 bits per heavy atom. The zero-order valence-corrected chi connectivity index (χ0v) is 20.7. The smallest absolute Gasteiger partial charge is 0.328 e. The van der Waals surface area contributed by atoms with Gasteiger partial charge in [0, 0.05) is 63.4 Å². The fourth-order valence-electron chi connectivity index (χ4n) is 3.93. The number of hydrogen-bond acceptors (Lipinski definition) is 7. The molecule has 1 fully saturated rings. The number of carbonyl (C=O) groups excluding carboxylic acids is 1. The van der Waals surface area contributed by atoms with Gasteiger partial charge in [-0.2, -0.15) is 0 Å². The van der Waals surface area contributed by atoms with Crippen molar-refractivity contribution in [1.29, 1.82) is 0 Å². The van der Waals surface area contributed by atoms with Crippen molar-refractivity contribution in [3.8, 4) is 10.6 Å². The van der Waals surface area contributed by atoms with E-state index in [1.54, 1.807) is 11.3 Å². The van der Waals surface area contributed by atoms with Gasteiger partial charge in [-0.1, -0.05) is 41.7 Å². The van der Waals surface area contributed by atoms with Crippen LogP contribution in [0.1, 0.15) is 25.0 Å². The van der Waals surface area contributed by atoms with E-state index >= 15 is 0 Å². The number of benzene rings is 1. The summed E-state index contributed by atoms with van der Waals surface area (Å²) in [5.41, 5.74) is 2.24. The standard InChI is InChI=1S/C21H28N4OS.C4H4O4/c1-23-13-15-24(16-14-23)12-10-19(26)25-11-6-5-9-18-21(25)27-20(22-18)17-7-3-2-4-8-17;5-3(6)1-2-4(7)8/h2-4,7-8H,5-6,9-16H2,1H3;1-2H,(H,5,6)(H,7,8). The van der Waals surface area contributed by atoms with E-state index in [-0.39, 0.29) is 5.91 Å². The highest BCUT2D eigenvalue weighted by molar-refractivity contribution is 7.19. The second-order valence-corrected chi connectivity index (χ2v) is 9.52. The van der Waals surface area contributed by atoms with E-state index in [0.717, 1.165) is 79.8 Å². The molecule has 0 aliphatic carbocycles. The van der Waals surface area contributed by atoms with Crippen molar-refractivity contribution in [1.82, 2.24) is 14.8 Å². The molecule has 35 heavy (non-hydrogen) atoms. The van der Waals surface area contributed by atoms with Crippen molar-refractivity contribution < 1.29 is 24.6 Å². The first-order valence-electron chi connectivity index (χ1n) is 11.7. The number of fused-ring (bicyclic) bond motifs is 1. The van der Waals surface area contributed by atoms with Gasteiger partial charge < -0.3 is 24.9 Å². The SMILES string of the molecule is CN1CCN(CCC(=O)N2CCCCc3nc(-c4ccccc4)sc32)CC1.O=C(O)C=CC(=O)O. The molecule has 1 saturated heterocycles. The lowest BCUT2D eigenvalue weighted by Gasteiger charge is -2.32. The summed E-state index contributed by atoms with van der Waals surface area (Å²) in [6.07, 6.45) is 4.85. The largest absolute Gasteiger partial charge is 0.478 e. The molecule has 2 aliphatic heterocycles. The van der Waals surface area contributed by atoms with Crippen LogP contribution in [0.15, 0.2) is 42.5 Å². The van der Waals surface area contributed by atoms with Crippen LogP contribution in [0, 0.1) is 0 Å². The van der Waals surface area contributed by atoms with Gasteiger partial charge in [-0.05, 0) is 26.3 Å². The third-order valence-corrected chi connectivity index (χ3v) is 7.06. The molecule has 0 bridgehead atoms. The van der Waals surface area contributed by atoms with E-state index in [4.69, 9.17) is 15.2 Å². The number of carboxylic acids is 2. The Morgan fingerprint density at radius 1 is 0.971 bits per heavy atom. The molecular formula is C25H32N4O5S. The van der Waals surface area contributed by atoms with E-state index in [1.165, 1.54) is 0 Å². The molecule has 2 N–H and O–H groups in total. The van der Waals surface area contributed by atoms with Crippen LogP contribution in [0.5, 0.6) is 0 Å². The first kappa shape index (κ1) is 26.5. The Balaban J connectivity index is 0.000000371. The Labute approximate surface area is 209 Å². The fourth-order valence-corrected chi connectivity index (χ4v) is 5.09. The topological polar surface area (TPSA) is 114 Å². The molecule has 0 atom stereocenters. The molecule has 10 heteroatoms. The van der Waals surface area contributed by atoms with Crippen molar-refractivity contribution in [3.63, 3.8) is 0 Å². The van der Waals surface area contributed by atoms with Gasteiger partial charge in [-0.25, -0.2) is 14.6 Å². The maximum atomic E-state index is 13.0. The van der Waals surface area contributed by atoms with Crippen LogP contribution in [-0.2, 0) is 20.8 Å². The predicted octanol–water partition coefficient (Wildman–Crippen LogP) is 2.83. The first-order chi connectivity index (χ1) is 16.8. The third kappa shape index (κ3) is 8.27. The van der Waals surface area contributed by atoms with Gasteiger partial charge in [0.25, 0.3) is 0 Å². The number of rotatable bonds is 6. The Bertz CT molecular complexity index is 1020. The van der Waals surface area contributed by atoms with Crippen LogP contribution >= 0.6 is 11.3 Å². The molecule has 188 valence electrons. The molecule has 0 saturated carbocycles. The first-order valence-corrected chi connectivity index (χ1v) is 12.6. The quantitative estimate of drug-likeness (QED) is 0.582. The highest BCUT2D eigenvalue weighted by Crippen LogP contribution is 2.37. The fraction of sp³-hybridized carbons (Fsp3) is 0.440. The minimum absolute atomic E-state index is 0.250. The molecular weight excluding hydrogens is 468 g/mol. The minimum Gasteiger partial charge on any atom is -0.478 e. The predicted molar refractivity (Wildman–Crippen MR) is 136 cm³/mol. The van der Waals surface area contributed by atoms with Crippen molar-refractivity contribution in [2.75, 3.05) is 51.2 Å². The van der Waals surface area contributed by atoms with E-state index in [0.29, 0.717) is 18.6 Å². The number of likely N-dealkylation sites (N-methyl/N-ethyl adjacent to an activating group) is 1. The molecule has 1 aromatic heterocycles. The summed E-state index contributed by atoms with van der Waals surface area (Å²) in [4.78, 5) is 43.8. The van der Waals surface area contributed by atoms with Gasteiger partial charge in [-0.15, -0.1) is 0 Å². The number of anilines is 1. The second-order valence-electron chi connectivity index (χ2n) is 8.54. The summed E-state index contributed by atoms with van der Waals surface area (Å²) in [7, 11) is 2.16. The maximum Gasteiger partial charge on any atom is 0.328 e. The van der Waals surface area contributed by atoms with Crippen LogP contribution in [0.25, 0.3) is 10.6 Å². The second kappa shape index (κ2) is 13.1. The number of nitrogens with zero attached hydrogens (tertiary/aromatic N) is 4. The van der Waals surface area contributed by atoms with Crippen LogP contribution in [-0.4, -0.2) is 89.2 Å². The molecule has 2 aliphatic rings. The molecule has 0 spiro atoms. The summed E-state index contributed by atoms with van der Waals surface area (Å²) in [5, 5.41) is 17.7. The summed E-state index contributed by atoms with van der Waals surface area (Å²) < 4.78 is 0. The lowest BCUT2D eigenvalue weighted by atomic mass is 10.2. The van der Waals surface area contributed by atoms with E-state index in [1.807, 2.05) is 23.1 Å². The number of carboxylic acid groups (broad SMARTS) is 2. The number of amides is 1. The zero-order chi connectivity index (χ0) is 25.2. The molecule has 3 heterocycles. The normalized spacial score (nSPS) is 16.8. The van der Waals surface area contributed by atoms with Crippen LogP contribution in [0.3, 0.4) is 0 Å². The Hall–Kier alpha value is -3.08. The van der Waals surface area contributed by atoms with Gasteiger partial charge >= 0.3 is 11.9 Å². The Kier molecular flexibility index (Phi) is 9.95. The van der Waals surface area contributed by atoms with Crippen molar-refractivity contribution >= 4 is 34.2 Å². The maximum absolute atomic E-state index is 13.0. The minimum atomic E-state index is -1.26. The summed E-state index contributed by atoms with van der Waals surface area (Å²) in [5.74, 6) is -2.26. The van der Waals surface area contributed by atoms with Crippen molar-refractivity contribution in [2.45, 2.75) is 25.7 Å². The zero-order valence-electron chi connectivity index (χ0n) is 19.9. The number of thiazole rings is 1. The monoisotopic (exact) mass is 500 g/mol. The van der Waals surface area contributed by atoms with Gasteiger partial charge in [0.15, 0.2) is 0 Å². The summed E-state index contributed by atoms with van der Waals surface area (Å²) in [6, 6.07) is 10.3. The van der Waals surface area contributed by atoms with Gasteiger partial charge in [0.2, 0.25) is 5.91 Å². The average molecular weight is 501 g/mol. The molecule has 4 rings (SSSR count). The number of aliphatic carboxylic acids is 2. The van der Waals surface area contributed by atoms with Crippen LogP contribution < -0.4 is 4.90 Å². The Morgan fingerprint density at radius 2 is 1.63 bits per heavy atom. The number of aryl methyl sites for hydroxylation is 1. The average Bonchev–Trinajstić information content (AvgIpc) is 3.17. The molecule has 2 aromatic rings. The van der Waals surface area contributed by atoms with Gasteiger partial charge in [0.05, 0.1) is 5.69 Å². The number of carbonyl (C=O) groups is 3. The highest BCUT2D eigenvalue weighted by Gasteiger charge is 2.26. The summed E-state index contributed by atoms with van der Waals surface area (Å²) in [6.45, 7) is 6.00. The lowest BCUT2D eigenvalue weighted by molar-refractivity contribution is -0.134. The van der Waals surface area contributed by atoms with Crippen molar-refractivity contribution in [2.24, 2.45) is 0 Å². The van der Waals surface area contributed by atoms with E-state index in [9.17, 15) is 14.4 Å². The van der Waals surface area contributed by atoms with E-state index in [2.05, 4.69) is 29.0 Å². The van der Waals surface area contributed by atoms with Gasteiger partial charge in [-0.3, -0.25) is 4.79 Å². The lowest BCUT2D eigenvalue weighted by Crippen LogP contribution is -2.45. The molecule has 0 radical (unpaired) electrons. The molecule has 0 unspecified atom stereocenters. The third-order valence-electron chi connectivity index (χ3n) is 5.90. The highest BCUT2D eigenvalue weighted by atomic mass is 32.1. The van der Waals surface area contributed by atoms with Crippen LogP contribution in [0.2, 0.25) is 0 Å². The molecule has 9 nitrogen and oxygen atoms in total. The van der Waals surface area contributed by atoms with Gasteiger partial charge in [0.1, 0.15) is 10.0 Å². The molecule has 1 aromatic carbocycles. The number of aromatic nitrogens is 1. The van der Waals surface area contributed by atoms with Crippen molar-refractivity contribution in [3.05, 3.63) is 48.2 Å². The number of hydrogen-bond donors (Lipinski definition) is 2. The summed E-state index contributed by atoms with van der Waals surface area (Å²) >= 11 is 1.67. The number of piperazine rings is 1. The molecule has 1 amide bonds.